The number of aliphatic carboxylic acids is 1. The van der Waals surface area contributed by atoms with Crippen LogP contribution in [0.1, 0.15) is 19.3 Å². The van der Waals surface area contributed by atoms with Gasteiger partial charge >= 0.3 is 5.97 Å². The summed E-state index contributed by atoms with van der Waals surface area (Å²) in [6, 6.07) is 7.14. The van der Waals surface area contributed by atoms with Crippen LogP contribution in [0.3, 0.4) is 0 Å². The maximum absolute atomic E-state index is 11.1. The molecule has 4 heteroatoms. The zero-order chi connectivity index (χ0) is 11.5. The molecule has 1 saturated carbocycles. The average Bonchev–Trinajstić information content (AvgIpc) is 2.17. The highest BCUT2D eigenvalue weighted by molar-refractivity contribution is 9.10. The van der Waals surface area contributed by atoms with Gasteiger partial charge in [-0.05, 0) is 43.0 Å². The summed E-state index contributed by atoms with van der Waals surface area (Å²) in [6.45, 7) is 0. The van der Waals surface area contributed by atoms with E-state index in [1.807, 2.05) is 24.3 Å². The lowest BCUT2D eigenvalue weighted by atomic mass is 9.79. The molecule has 0 radical (unpaired) electrons. The number of rotatable bonds is 4. The first-order valence-corrected chi connectivity index (χ1v) is 6.21. The maximum atomic E-state index is 11.1. The number of halogens is 1. The van der Waals surface area contributed by atoms with Crippen LogP contribution in [0.15, 0.2) is 28.7 Å². The number of carbonyl (C=O) groups is 1. The Morgan fingerprint density at radius 3 is 2.44 bits per heavy atom. The minimum Gasteiger partial charge on any atom is -0.480 e. The van der Waals surface area contributed by atoms with E-state index in [2.05, 4.69) is 21.2 Å². The fraction of sp³-hybridized carbons (Fsp3) is 0.417. The van der Waals surface area contributed by atoms with E-state index in [0.29, 0.717) is 0 Å². The highest BCUT2D eigenvalue weighted by Gasteiger charge is 2.32. The second-order valence-corrected chi connectivity index (χ2v) is 5.07. The topological polar surface area (TPSA) is 49.3 Å². The number of nitrogens with one attached hydrogen (secondary N) is 1. The Bertz CT molecular complexity index is 373. The molecule has 0 bridgehead atoms. The molecule has 1 unspecified atom stereocenters. The Morgan fingerprint density at radius 2 is 2.00 bits per heavy atom. The second kappa shape index (κ2) is 4.87. The van der Waals surface area contributed by atoms with Crippen LogP contribution >= 0.6 is 15.9 Å². The predicted octanol–water partition coefficient (Wildman–Crippen LogP) is 3.11. The monoisotopic (exact) mass is 283 g/mol. The Labute approximate surface area is 103 Å². The van der Waals surface area contributed by atoms with Gasteiger partial charge in [0.25, 0.3) is 0 Å². The molecule has 86 valence electrons. The van der Waals surface area contributed by atoms with Gasteiger partial charge in [0.15, 0.2) is 0 Å². The van der Waals surface area contributed by atoms with Crippen molar-refractivity contribution in [2.24, 2.45) is 5.92 Å². The lowest BCUT2D eigenvalue weighted by Gasteiger charge is -2.32. The third kappa shape index (κ3) is 2.55. The van der Waals surface area contributed by atoms with Crippen LogP contribution in [-0.4, -0.2) is 17.1 Å². The van der Waals surface area contributed by atoms with E-state index in [0.717, 1.165) is 29.4 Å². The number of anilines is 1. The highest BCUT2D eigenvalue weighted by atomic mass is 79.9. The van der Waals surface area contributed by atoms with E-state index < -0.39 is 12.0 Å². The highest BCUT2D eigenvalue weighted by Crippen LogP contribution is 2.31. The van der Waals surface area contributed by atoms with Crippen molar-refractivity contribution in [3.8, 4) is 0 Å². The first-order chi connectivity index (χ1) is 7.66. The fourth-order valence-electron chi connectivity index (χ4n) is 1.88. The van der Waals surface area contributed by atoms with Crippen molar-refractivity contribution in [2.45, 2.75) is 25.3 Å². The molecule has 1 fully saturated rings. The molecule has 0 saturated heterocycles. The van der Waals surface area contributed by atoms with E-state index in [1.165, 1.54) is 0 Å². The quantitative estimate of drug-likeness (QED) is 0.893. The minimum atomic E-state index is -0.757. The first-order valence-electron chi connectivity index (χ1n) is 5.42. The smallest absolute Gasteiger partial charge is 0.326 e. The second-order valence-electron chi connectivity index (χ2n) is 4.16. The van der Waals surface area contributed by atoms with Crippen LogP contribution in [-0.2, 0) is 4.79 Å². The van der Waals surface area contributed by atoms with E-state index in [4.69, 9.17) is 5.11 Å². The van der Waals surface area contributed by atoms with Gasteiger partial charge in [0.1, 0.15) is 6.04 Å². The largest absolute Gasteiger partial charge is 0.480 e. The molecule has 0 heterocycles. The van der Waals surface area contributed by atoms with Gasteiger partial charge in [-0.1, -0.05) is 22.4 Å². The van der Waals surface area contributed by atoms with Crippen molar-refractivity contribution in [1.82, 2.24) is 0 Å². The summed E-state index contributed by atoms with van der Waals surface area (Å²) in [5, 5.41) is 12.2. The van der Waals surface area contributed by atoms with Gasteiger partial charge < -0.3 is 10.4 Å². The summed E-state index contributed by atoms with van der Waals surface area (Å²) >= 11 is 3.35. The third-order valence-electron chi connectivity index (χ3n) is 3.05. The Morgan fingerprint density at radius 1 is 1.38 bits per heavy atom. The molecule has 0 spiro atoms. The van der Waals surface area contributed by atoms with Crippen molar-refractivity contribution >= 4 is 27.6 Å². The zero-order valence-corrected chi connectivity index (χ0v) is 10.4. The van der Waals surface area contributed by atoms with Crippen molar-refractivity contribution in [2.75, 3.05) is 5.32 Å². The van der Waals surface area contributed by atoms with Crippen LogP contribution in [0.2, 0.25) is 0 Å². The summed E-state index contributed by atoms with van der Waals surface area (Å²) in [4.78, 5) is 11.1. The molecule has 1 aliphatic carbocycles. The van der Waals surface area contributed by atoms with Crippen LogP contribution in [0, 0.1) is 5.92 Å². The van der Waals surface area contributed by atoms with E-state index in [1.54, 1.807) is 0 Å². The van der Waals surface area contributed by atoms with Gasteiger partial charge in [0, 0.05) is 10.2 Å². The van der Waals surface area contributed by atoms with E-state index in [-0.39, 0.29) is 5.92 Å². The summed E-state index contributed by atoms with van der Waals surface area (Å²) in [6.07, 6.45) is 3.18. The van der Waals surface area contributed by atoms with Crippen LogP contribution in [0.25, 0.3) is 0 Å². The van der Waals surface area contributed by atoms with Crippen molar-refractivity contribution in [3.63, 3.8) is 0 Å². The fourth-order valence-corrected chi connectivity index (χ4v) is 2.14. The van der Waals surface area contributed by atoms with Gasteiger partial charge in [-0.15, -0.1) is 0 Å². The SMILES string of the molecule is O=C(O)C(Nc1ccc(Br)cc1)C1CCC1. The summed E-state index contributed by atoms with van der Waals surface area (Å²) < 4.78 is 0.994. The lowest BCUT2D eigenvalue weighted by Crippen LogP contribution is -2.40. The molecule has 1 aromatic rings. The standard InChI is InChI=1S/C12H14BrNO2/c13-9-4-6-10(7-5-9)14-11(12(15)16)8-2-1-3-8/h4-8,11,14H,1-3H2,(H,15,16). The molecular weight excluding hydrogens is 270 g/mol. The van der Waals surface area contributed by atoms with Crippen LogP contribution in [0.4, 0.5) is 5.69 Å². The third-order valence-corrected chi connectivity index (χ3v) is 3.58. The average molecular weight is 284 g/mol. The van der Waals surface area contributed by atoms with Crippen molar-refractivity contribution in [1.29, 1.82) is 0 Å². The number of carboxylic acids is 1. The van der Waals surface area contributed by atoms with E-state index >= 15 is 0 Å². The molecule has 0 aliphatic heterocycles. The van der Waals surface area contributed by atoms with Gasteiger partial charge in [-0.25, -0.2) is 4.79 Å². The summed E-state index contributed by atoms with van der Waals surface area (Å²) in [5.41, 5.74) is 0.863. The van der Waals surface area contributed by atoms with Crippen molar-refractivity contribution in [3.05, 3.63) is 28.7 Å². The molecule has 1 aromatic carbocycles. The number of carboxylic acid groups (broad SMARTS) is 1. The molecular formula is C12H14BrNO2. The van der Waals surface area contributed by atoms with Crippen LogP contribution < -0.4 is 5.32 Å². The molecule has 1 aliphatic rings. The molecule has 1 atom stereocenters. The van der Waals surface area contributed by atoms with Gasteiger partial charge in [0.2, 0.25) is 0 Å². The molecule has 16 heavy (non-hydrogen) atoms. The molecule has 2 rings (SSSR count). The molecule has 2 N–H and O–H groups in total. The molecule has 0 amide bonds. The van der Waals surface area contributed by atoms with Gasteiger partial charge in [-0.3, -0.25) is 0 Å². The number of hydrogen-bond donors (Lipinski definition) is 2. The zero-order valence-electron chi connectivity index (χ0n) is 8.82. The maximum Gasteiger partial charge on any atom is 0.326 e. The van der Waals surface area contributed by atoms with Crippen LogP contribution in [0.5, 0.6) is 0 Å². The van der Waals surface area contributed by atoms with Crippen molar-refractivity contribution < 1.29 is 9.90 Å². The predicted molar refractivity (Wildman–Crippen MR) is 66.5 cm³/mol. The van der Waals surface area contributed by atoms with Gasteiger partial charge in [-0.2, -0.15) is 0 Å². The van der Waals surface area contributed by atoms with Gasteiger partial charge in [0.05, 0.1) is 0 Å². The first kappa shape index (κ1) is 11.5. The Balaban J connectivity index is 2.04. The normalized spacial score (nSPS) is 17.6. The Kier molecular flexibility index (Phi) is 3.49. The molecule has 0 aromatic heterocycles. The summed E-state index contributed by atoms with van der Waals surface area (Å²) in [5.74, 6) is -0.478. The van der Waals surface area contributed by atoms with E-state index in [9.17, 15) is 4.79 Å². The minimum absolute atomic E-state index is 0.279. The lowest BCUT2D eigenvalue weighted by molar-refractivity contribution is -0.139. The molecule has 3 nitrogen and oxygen atoms in total. The Hall–Kier alpha value is -1.03. The number of hydrogen-bond acceptors (Lipinski definition) is 2. The number of benzene rings is 1. The summed E-state index contributed by atoms with van der Waals surface area (Å²) in [7, 11) is 0.